The SMILES string of the molecule is COc1ccc(C(NC(=O)Cn2cc(C)cn2)C(=O)O)cc1Cl. The lowest BCUT2D eigenvalue weighted by molar-refractivity contribution is -0.142. The summed E-state index contributed by atoms with van der Waals surface area (Å²) in [6.07, 6.45) is 3.31. The Hall–Kier alpha value is -2.54. The van der Waals surface area contributed by atoms with Gasteiger partial charge in [-0.25, -0.2) is 4.79 Å². The third-order valence-electron chi connectivity index (χ3n) is 3.13. The highest BCUT2D eigenvalue weighted by atomic mass is 35.5. The van der Waals surface area contributed by atoms with E-state index in [4.69, 9.17) is 16.3 Å². The molecule has 7 nitrogen and oxygen atoms in total. The fourth-order valence-electron chi connectivity index (χ4n) is 2.06. The molecule has 0 fully saturated rings. The average Bonchev–Trinajstić information content (AvgIpc) is 2.89. The standard InChI is InChI=1S/C15H16ClN3O4/c1-9-6-17-19(7-9)8-13(20)18-14(15(21)22)10-3-4-12(23-2)11(16)5-10/h3-7,14H,8H2,1-2H3,(H,18,20)(H,21,22). The van der Waals surface area contributed by atoms with Crippen molar-refractivity contribution in [2.24, 2.45) is 0 Å². The van der Waals surface area contributed by atoms with Crippen molar-refractivity contribution in [2.75, 3.05) is 7.11 Å². The highest BCUT2D eigenvalue weighted by Gasteiger charge is 2.23. The van der Waals surface area contributed by atoms with Crippen molar-refractivity contribution in [3.8, 4) is 5.75 Å². The number of hydrogen-bond donors (Lipinski definition) is 2. The fourth-order valence-corrected chi connectivity index (χ4v) is 2.32. The number of carbonyl (C=O) groups is 2. The van der Waals surface area contributed by atoms with Gasteiger partial charge in [-0.3, -0.25) is 9.48 Å². The molecule has 0 aliphatic carbocycles. The van der Waals surface area contributed by atoms with E-state index < -0.39 is 17.9 Å². The normalized spacial score (nSPS) is 11.8. The number of carboxylic acid groups (broad SMARTS) is 1. The molecule has 2 rings (SSSR count). The monoisotopic (exact) mass is 337 g/mol. The first kappa shape index (κ1) is 16.8. The summed E-state index contributed by atoms with van der Waals surface area (Å²) < 4.78 is 6.46. The van der Waals surface area contributed by atoms with Crippen molar-refractivity contribution >= 4 is 23.5 Å². The number of methoxy groups -OCH3 is 1. The maximum absolute atomic E-state index is 12.0. The molecular weight excluding hydrogens is 322 g/mol. The summed E-state index contributed by atoms with van der Waals surface area (Å²) in [7, 11) is 1.46. The van der Waals surface area contributed by atoms with E-state index in [0.717, 1.165) is 5.56 Å². The number of halogens is 1. The molecule has 2 aromatic rings. The highest BCUT2D eigenvalue weighted by Crippen LogP contribution is 2.27. The molecule has 122 valence electrons. The van der Waals surface area contributed by atoms with Gasteiger partial charge in [0, 0.05) is 6.20 Å². The highest BCUT2D eigenvalue weighted by molar-refractivity contribution is 6.32. The third-order valence-corrected chi connectivity index (χ3v) is 3.42. The quantitative estimate of drug-likeness (QED) is 0.838. The minimum absolute atomic E-state index is 0.0679. The summed E-state index contributed by atoms with van der Waals surface area (Å²) in [5.41, 5.74) is 1.27. The largest absolute Gasteiger partial charge is 0.495 e. The smallest absolute Gasteiger partial charge is 0.330 e. The number of nitrogens with one attached hydrogen (secondary N) is 1. The first-order valence-corrected chi connectivity index (χ1v) is 7.13. The Morgan fingerprint density at radius 1 is 1.48 bits per heavy atom. The van der Waals surface area contributed by atoms with E-state index in [9.17, 15) is 14.7 Å². The fraction of sp³-hybridized carbons (Fsp3) is 0.267. The van der Waals surface area contributed by atoms with Crippen LogP contribution in [-0.2, 0) is 16.1 Å². The molecule has 1 aromatic heterocycles. The van der Waals surface area contributed by atoms with E-state index in [0.29, 0.717) is 11.3 Å². The van der Waals surface area contributed by atoms with E-state index in [1.54, 1.807) is 24.5 Å². The number of carboxylic acids is 1. The molecule has 0 radical (unpaired) electrons. The lowest BCUT2D eigenvalue weighted by Crippen LogP contribution is -2.36. The number of aromatic nitrogens is 2. The van der Waals surface area contributed by atoms with E-state index >= 15 is 0 Å². The van der Waals surface area contributed by atoms with Crippen LogP contribution in [-0.4, -0.2) is 33.9 Å². The summed E-state index contributed by atoms with van der Waals surface area (Å²) >= 11 is 6.00. The van der Waals surface area contributed by atoms with E-state index in [1.807, 2.05) is 6.92 Å². The van der Waals surface area contributed by atoms with Crippen molar-refractivity contribution in [1.29, 1.82) is 0 Å². The molecule has 8 heteroatoms. The Labute approximate surface area is 137 Å². The number of carbonyl (C=O) groups excluding carboxylic acids is 1. The molecule has 1 atom stereocenters. The maximum atomic E-state index is 12.0. The average molecular weight is 338 g/mol. The molecule has 1 aromatic carbocycles. The molecule has 0 bridgehead atoms. The summed E-state index contributed by atoms with van der Waals surface area (Å²) in [6, 6.07) is 3.35. The minimum atomic E-state index is -1.21. The third kappa shape index (κ3) is 4.23. The van der Waals surface area contributed by atoms with Gasteiger partial charge in [0.05, 0.1) is 18.3 Å². The van der Waals surface area contributed by atoms with Crippen LogP contribution in [0.25, 0.3) is 0 Å². The van der Waals surface area contributed by atoms with Crippen molar-refractivity contribution < 1.29 is 19.4 Å². The predicted octanol–water partition coefficient (Wildman–Crippen LogP) is 1.80. The summed E-state index contributed by atoms with van der Waals surface area (Å²) in [5, 5.41) is 16.1. The van der Waals surface area contributed by atoms with Gasteiger partial charge in [0.25, 0.3) is 0 Å². The second kappa shape index (κ2) is 7.15. The van der Waals surface area contributed by atoms with Crippen LogP contribution in [0.1, 0.15) is 17.2 Å². The van der Waals surface area contributed by atoms with Gasteiger partial charge in [0.15, 0.2) is 6.04 Å². The van der Waals surface area contributed by atoms with Crippen molar-refractivity contribution in [3.05, 3.63) is 46.7 Å². The molecule has 23 heavy (non-hydrogen) atoms. The summed E-state index contributed by atoms with van der Waals surface area (Å²) in [4.78, 5) is 23.5. The second-order valence-corrected chi connectivity index (χ2v) is 5.36. The lowest BCUT2D eigenvalue weighted by atomic mass is 10.1. The van der Waals surface area contributed by atoms with Gasteiger partial charge in [-0.2, -0.15) is 5.10 Å². The Morgan fingerprint density at radius 2 is 2.22 bits per heavy atom. The summed E-state index contributed by atoms with van der Waals surface area (Å²) in [6.45, 7) is 1.78. The van der Waals surface area contributed by atoms with E-state index in [2.05, 4.69) is 10.4 Å². The molecule has 0 saturated carbocycles. The predicted molar refractivity (Wildman–Crippen MR) is 83.5 cm³/mol. The first-order chi connectivity index (χ1) is 10.9. The topological polar surface area (TPSA) is 93.5 Å². The van der Waals surface area contributed by atoms with Crippen LogP contribution < -0.4 is 10.1 Å². The summed E-state index contributed by atoms with van der Waals surface area (Å²) in [5.74, 6) is -1.22. The number of aliphatic carboxylic acids is 1. The van der Waals surface area contributed by atoms with E-state index in [-0.39, 0.29) is 11.6 Å². The van der Waals surface area contributed by atoms with Crippen LogP contribution in [0.4, 0.5) is 0 Å². The lowest BCUT2D eigenvalue weighted by Gasteiger charge is -2.16. The first-order valence-electron chi connectivity index (χ1n) is 6.75. The maximum Gasteiger partial charge on any atom is 0.330 e. The molecule has 2 N–H and O–H groups in total. The number of aryl methyl sites for hydroxylation is 1. The van der Waals surface area contributed by atoms with Crippen LogP contribution in [0.2, 0.25) is 5.02 Å². The zero-order valence-electron chi connectivity index (χ0n) is 12.6. The van der Waals surface area contributed by atoms with Crippen molar-refractivity contribution in [2.45, 2.75) is 19.5 Å². The molecule has 1 amide bonds. The van der Waals surface area contributed by atoms with Gasteiger partial charge in [-0.05, 0) is 30.2 Å². The Bertz CT molecular complexity index is 729. The molecular formula is C15H16ClN3O4. The van der Waals surface area contributed by atoms with Crippen LogP contribution >= 0.6 is 11.6 Å². The Kier molecular flexibility index (Phi) is 5.23. The number of nitrogens with zero attached hydrogens (tertiary/aromatic N) is 2. The zero-order valence-corrected chi connectivity index (χ0v) is 13.4. The second-order valence-electron chi connectivity index (χ2n) is 4.95. The number of ether oxygens (including phenoxy) is 1. The number of amides is 1. The number of benzene rings is 1. The zero-order chi connectivity index (χ0) is 17.0. The number of hydrogen-bond acceptors (Lipinski definition) is 4. The van der Waals surface area contributed by atoms with Crippen LogP contribution in [0.15, 0.2) is 30.6 Å². The van der Waals surface area contributed by atoms with Crippen molar-refractivity contribution in [1.82, 2.24) is 15.1 Å². The molecule has 1 heterocycles. The van der Waals surface area contributed by atoms with Gasteiger partial charge in [-0.1, -0.05) is 17.7 Å². The van der Waals surface area contributed by atoms with Crippen LogP contribution in [0.5, 0.6) is 5.75 Å². The van der Waals surface area contributed by atoms with Crippen LogP contribution in [0.3, 0.4) is 0 Å². The minimum Gasteiger partial charge on any atom is -0.495 e. The van der Waals surface area contributed by atoms with Gasteiger partial charge < -0.3 is 15.2 Å². The van der Waals surface area contributed by atoms with Gasteiger partial charge in [0.1, 0.15) is 12.3 Å². The molecule has 0 saturated heterocycles. The Balaban J connectivity index is 2.13. The van der Waals surface area contributed by atoms with Crippen molar-refractivity contribution in [3.63, 3.8) is 0 Å². The number of rotatable bonds is 6. The molecule has 0 aliphatic heterocycles. The van der Waals surface area contributed by atoms with Gasteiger partial charge in [-0.15, -0.1) is 0 Å². The molecule has 0 aliphatic rings. The van der Waals surface area contributed by atoms with Gasteiger partial charge in [0.2, 0.25) is 5.91 Å². The van der Waals surface area contributed by atoms with Crippen LogP contribution in [0, 0.1) is 6.92 Å². The van der Waals surface area contributed by atoms with E-state index in [1.165, 1.54) is 17.9 Å². The van der Waals surface area contributed by atoms with Gasteiger partial charge >= 0.3 is 5.97 Å². The molecule has 1 unspecified atom stereocenters. The molecule has 0 spiro atoms. The Morgan fingerprint density at radius 3 is 2.74 bits per heavy atom.